The third kappa shape index (κ3) is 3.30. The lowest BCUT2D eigenvalue weighted by molar-refractivity contribution is -0.120. The number of benzene rings is 1. The third-order valence-corrected chi connectivity index (χ3v) is 3.26. The summed E-state index contributed by atoms with van der Waals surface area (Å²) >= 11 is 0. The molecule has 2 rings (SSSR count). The molecule has 0 radical (unpaired) electrons. The molecule has 1 aromatic heterocycles. The first-order valence-corrected chi connectivity index (χ1v) is 6.65. The molecule has 0 saturated heterocycles. The minimum atomic E-state index is -0.0242. The first-order chi connectivity index (χ1) is 9.63. The predicted molar refractivity (Wildman–Crippen MR) is 77.7 cm³/mol. The molecule has 1 heterocycles. The van der Waals surface area contributed by atoms with E-state index in [4.69, 9.17) is 14.9 Å². The number of ether oxygens (including phenoxy) is 1. The number of rotatable bonds is 6. The van der Waals surface area contributed by atoms with Crippen molar-refractivity contribution in [3.63, 3.8) is 0 Å². The highest BCUT2D eigenvalue weighted by atomic mass is 16.5. The van der Waals surface area contributed by atoms with Crippen LogP contribution in [0.15, 0.2) is 28.9 Å². The van der Waals surface area contributed by atoms with Gasteiger partial charge in [-0.2, -0.15) is 0 Å². The number of furan rings is 1. The second kappa shape index (κ2) is 6.43. The van der Waals surface area contributed by atoms with E-state index in [0.29, 0.717) is 19.5 Å². The Balaban J connectivity index is 2.04. The van der Waals surface area contributed by atoms with Crippen LogP contribution >= 0.6 is 0 Å². The van der Waals surface area contributed by atoms with Crippen LogP contribution < -0.4 is 15.8 Å². The number of fused-ring (bicyclic) bond motifs is 1. The van der Waals surface area contributed by atoms with Gasteiger partial charge in [0, 0.05) is 23.6 Å². The lowest BCUT2D eigenvalue weighted by Crippen LogP contribution is -2.32. The Kier molecular flexibility index (Phi) is 4.63. The van der Waals surface area contributed by atoms with Crippen molar-refractivity contribution in [2.75, 3.05) is 20.2 Å². The topological polar surface area (TPSA) is 77.5 Å². The van der Waals surface area contributed by atoms with E-state index in [-0.39, 0.29) is 11.8 Å². The molecule has 20 heavy (non-hydrogen) atoms. The molecule has 0 spiro atoms. The maximum absolute atomic E-state index is 11.9. The molecule has 2 aromatic rings. The van der Waals surface area contributed by atoms with Gasteiger partial charge in [0.1, 0.15) is 11.3 Å². The fourth-order valence-electron chi connectivity index (χ4n) is 1.93. The largest absolute Gasteiger partial charge is 0.497 e. The van der Waals surface area contributed by atoms with Crippen LogP contribution in [-0.4, -0.2) is 26.1 Å². The highest BCUT2D eigenvalue weighted by Crippen LogP contribution is 2.25. The molecule has 1 amide bonds. The predicted octanol–water partition coefficient (Wildman–Crippen LogP) is 1.69. The number of amides is 1. The second-order valence-electron chi connectivity index (χ2n) is 4.94. The summed E-state index contributed by atoms with van der Waals surface area (Å²) in [6.45, 7) is 3.16. The molecule has 108 valence electrons. The summed E-state index contributed by atoms with van der Waals surface area (Å²) in [6, 6.07) is 5.58. The van der Waals surface area contributed by atoms with Gasteiger partial charge in [0.25, 0.3) is 0 Å². The summed E-state index contributed by atoms with van der Waals surface area (Å²) in [5, 5.41) is 3.81. The van der Waals surface area contributed by atoms with E-state index < -0.39 is 0 Å². The van der Waals surface area contributed by atoms with E-state index in [1.54, 1.807) is 13.4 Å². The minimum absolute atomic E-state index is 0.0242. The van der Waals surface area contributed by atoms with Crippen molar-refractivity contribution < 1.29 is 13.9 Å². The summed E-state index contributed by atoms with van der Waals surface area (Å²) in [7, 11) is 1.61. The molecule has 0 saturated carbocycles. The molecule has 0 aliphatic rings. The number of carbonyl (C=O) groups excluding carboxylic acids is 1. The third-order valence-electron chi connectivity index (χ3n) is 3.26. The van der Waals surface area contributed by atoms with Gasteiger partial charge in [-0.1, -0.05) is 6.92 Å². The lowest BCUT2D eigenvalue weighted by atomic mass is 10.1. The van der Waals surface area contributed by atoms with E-state index in [1.807, 2.05) is 25.1 Å². The maximum Gasteiger partial charge on any atom is 0.224 e. The van der Waals surface area contributed by atoms with Gasteiger partial charge in [-0.05, 0) is 24.6 Å². The molecule has 5 heteroatoms. The Labute approximate surface area is 118 Å². The minimum Gasteiger partial charge on any atom is -0.497 e. The number of hydrogen-bond donors (Lipinski definition) is 2. The van der Waals surface area contributed by atoms with E-state index in [9.17, 15) is 4.79 Å². The van der Waals surface area contributed by atoms with E-state index in [1.165, 1.54) is 0 Å². The molecule has 1 aromatic carbocycles. The first-order valence-electron chi connectivity index (χ1n) is 6.65. The molecule has 1 unspecified atom stereocenters. The van der Waals surface area contributed by atoms with Crippen LogP contribution in [0.2, 0.25) is 0 Å². The Hall–Kier alpha value is -2.01. The van der Waals surface area contributed by atoms with Gasteiger partial charge < -0.3 is 20.2 Å². The number of nitrogens with one attached hydrogen (secondary N) is 1. The van der Waals surface area contributed by atoms with Crippen molar-refractivity contribution in [2.24, 2.45) is 11.7 Å². The Morgan fingerprint density at radius 2 is 2.30 bits per heavy atom. The quantitative estimate of drug-likeness (QED) is 0.841. The van der Waals surface area contributed by atoms with Gasteiger partial charge in [0.15, 0.2) is 0 Å². The molecule has 1 atom stereocenters. The van der Waals surface area contributed by atoms with Crippen LogP contribution in [0.1, 0.15) is 12.5 Å². The van der Waals surface area contributed by atoms with Gasteiger partial charge in [-0.25, -0.2) is 0 Å². The zero-order valence-electron chi connectivity index (χ0n) is 11.8. The fraction of sp³-hybridized carbons (Fsp3) is 0.400. The summed E-state index contributed by atoms with van der Waals surface area (Å²) in [6.07, 6.45) is 1.92. The van der Waals surface area contributed by atoms with Crippen molar-refractivity contribution in [1.82, 2.24) is 5.32 Å². The monoisotopic (exact) mass is 276 g/mol. The van der Waals surface area contributed by atoms with Gasteiger partial charge in [0.2, 0.25) is 5.91 Å². The summed E-state index contributed by atoms with van der Waals surface area (Å²) in [5.74, 6) is 0.993. The molecule has 0 aliphatic carbocycles. The average molecular weight is 276 g/mol. The number of carbonyl (C=O) groups is 1. The number of methoxy groups -OCH3 is 1. The van der Waals surface area contributed by atoms with Crippen molar-refractivity contribution in [3.8, 4) is 5.75 Å². The van der Waals surface area contributed by atoms with Crippen molar-refractivity contribution in [2.45, 2.75) is 13.3 Å². The SMILES string of the molecule is COc1ccc2c(CC(=O)NCC(C)CN)coc2c1. The highest BCUT2D eigenvalue weighted by Gasteiger charge is 2.11. The van der Waals surface area contributed by atoms with E-state index >= 15 is 0 Å². The molecule has 0 bridgehead atoms. The van der Waals surface area contributed by atoms with Crippen LogP contribution in [0.5, 0.6) is 5.75 Å². The van der Waals surface area contributed by atoms with Crippen LogP contribution in [0.25, 0.3) is 11.0 Å². The first kappa shape index (κ1) is 14.4. The van der Waals surface area contributed by atoms with Gasteiger partial charge in [-0.15, -0.1) is 0 Å². The molecule has 0 aliphatic heterocycles. The summed E-state index contributed by atoms with van der Waals surface area (Å²) in [4.78, 5) is 11.9. The lowest BCUT2D eigenvalue weighted by Gasteiger charge is -2.09. The zero-order chi connectivity index (χ0) is 14.5. The molecule has 0 fully saturated rings. The average Bonchev–Trinajstić information content (AvgIpc) is 2.86. The molecular formula is C15H20N2O3. The maximum atomic E-state index is 11.9. The standard InChI is InChI=1S/C15H20N2O3/c1-10(7-16)8-17-15(18)5-11-9-20-14-6-12(19-2)3-4-13(11)14/h3-4,6,9-10H,5,7-8,16H2,1-2H3,(H,17,18). The Morgan fingerprint density at radius 3 is 3.00 bits per heavy atom. The number of nitrogens with two attached hydrogens (primary N) is 1. The van der Waals surface area contributed by atoms with Gasteiger partial charge >= 0.3 is 0 Å². The molecule has 5 nitrogen and oxygen atoms in total. The van der Waals surface area contributed by atoms with Crippen molar-refractivity contribution in [1.29, 1.82) is 0 Å². The molecule has 3 N–H and O–H groups in total. The van der Waals surface area contributed by atoms with E-state index in [2.05, 4.69) is 5.32 Å². The van der Waals surface area contributed by atoms with Gasteiger partial charge in [-0.3, -0.25) is 4.79 Å². The Morgan fingerprint density at radius 1 is 1.50 bits per heavy atom. The number of hydrogen-bond acceptors (Lipinski definition) is 4. The van der Waals surface area contributed by atoms with Crippen LogP contribution in [0.3, 0.4) is 0 Å². The van der Waals surface area contributed by atoms with Gasteiger partial charge in [0.05, 0.1) is 19.8 Å². The van der Waals surface area contributed by atoms with Crippen LogP contribution in [0, 0.1) is 5.92 Å². The normalized spacial score (nSPS) is 12.3. The van der Waals surface area contributed by atoms with Crippen molar-refractivity contribution in [3.05, 3.63) is 30.0 Å². The molecular weight excluding hydrogens is 256 g/mol. The highest BCUT2D eigenvalue weighted by molar-refractivity contribution is 5.88. The van der Waals surface area contributed by atoms with Crippen molar-refractivity contribution >= 4 is 16.9 Å². The van der Waals surface area contributed by atoms with Crippen LogP contribution in [0.4, 0.5) is 0 Å². The summed E-state index contributed by atoms with van der Waals surface area (Å²) < 4.78 is 10.6. The van der Waals surface area contributed by atoms with Crippen LogP contribution in [-0.2, 0) is 11.2 Å². The fourth-order valence-corrected chi connectivity index (χ4v) is 1.93. The summed E-state index contributed by atoms with van der Waals surface area (Å²) in [5.41, 5.74) is 7.12. The van der Waals surface area contributed by atoms with E-state index in [0.717, 1.165) is 22.3 Å². The zero-order valence-corrected chi connectivity index (χ0v) is 11.8. The Bertz CT molecular complexity index is 592. The smallest absolute Gasteiger partial charge is 0.224 e. The second-order valence-corrected chi connectivity index (χ2v) is 4.94.